The van der Waals surface area contributed by atoms with E-state index in [9.17, 15) is 0 Å². The fraction of sp³-hybridized carbons (Fsp3) is 0.250. The van der Waals surface area contributed by atoms with Gasteiger partial charge in [0, 0.05) is 22.1 Å². The number of aromatic nitrogens is 2. The Hall–Kier alpha value is -1.94. The van der Waals surface area contributed by atoms with E-state index < -0.39 is 0 Å². The number of aryl methyl sites for hydroxylation is 3. The van der Waals surface area contributed by atoms with Crippen LogP contribution in [0, 0.1) is 20.8 Å². The third kappa shape index (κ3) is 2.39. The number of nitrogens with one attached hydrogen (secondary N) is 1. The summed E-state index contributed by atoms with van der Waals surface area (Å²) in [5.74, 6) is 0. The van der Waals surface area contributed by atoms with Gasteiger partial charge in [0.2, 0.25) is 0 Å². The molecule has 102 valence electrons. The third-order valence-electron chi connectivity index (χ3n) is 3.42. The molecule has 0 amide bonds. The Balaban J connectivity index is 1.92. The zero-order chi connectivity index (χ0) is 14.1. The number of hydrogen-bond acceptors (Lipinski definition) is 4. The lowest BCUT2D eigenvalue weighted by molar-refractivity contribution is 1.04. The van der Waals surface area contributed by atoms with Gasteiger partial charge in [-0.2, -0.15) is 0 Å². The fourth-order valence-corrected chi connectivity index (χ4v) is 3.23. The minimum atomic E-state index is 0.753. The lowest BCUT2D eigenvalue weighted by Crippen LogP contribution is -2.02. The molecule has 2 heterocycles. The zero-order valence-corrected chi connectivity index (χ0v) is 12.7. The van der Waals surface area contributed by atoms with Gasteiger partial charge in [-0.25, -0.2) is 4.98 Å². The minimum Gasteiger partial charge on any atom is -0.379 e. The summed E-state index contributed by atoms with van der Waals surface area (Å²) in [4.78, 5) is 10.3. The van der Waals surface area contributed by atoms with Gasteiger partial charge >= 0.3 is 0 Å². The summed E-state index contributed by atoms with van der Waals surface area (Å²) in [5.41, 5.74) is 4.50. The highest BCUT2D eigenvalue weighted by atomic mass is 32.1. The van der Waals surface area contributed by atoms with Crippen LogP contribution in [-0.2, 0) is 6.54 Å². The maximum atomic E-state index is 4.56. The Morgan fingerprint density at radius 3 is 2.75 bits per heavy atom. The highest BCUT2D eigenvalue weighted by molar-refractivity contribution is 7.11. The first-order chi connectivity index (χ1) is 9.65. The van der Waals surface area contributed by atoms with Crippen LogP contribution in [0.5, 0.6) is 0 Å². The Bertz CT molecular complexity index is 762. The van der Waals surface area contributed by atoms with Crippen molar-refractivity contribution in [3.8, 4) is 0 Å². The minimum absolute atomic E-state index is 0.753. The molecule has 0 spiro atoms. The summed E-state index contributed by atoms with van der Waals surface area (Å²) in [7, 11) is 0. The average molecular weight is 283 g/mol. The maximum Gasteiger partial charge on any atom is 0.0900 e. The summed E-state index contributed by atoms with van der Waals surface area (Å²) >= 11 is 1.75. The van der Waals surface area contributed by atoms with Crippen LogP contribution in [0.15, 0.2) is 30.5 Å². The molecule has 20 heavy (non-hydrogen) atoms. The van der Waals surface area contributed by atoms with Crippen molar-refractivity contribution >= 4 is 27.9 Å². The molecule has 0 fully saturated rings. The summed E-state index contributed by atoms with van der Waals surface area (Å²) in [5, 5.41) is 5.77. The lowest BCUT2D eigenvalue weighted by Gasteiger charge is -2.09. The van der Waals surface area contributed by atoms with E-state index in [1.807, 2.05) is 19.2 Å². The van der Waals surface area contributed by atoms with E-state index in [0.717, 1.165) is 33.8 Å². The quantitative estimate of drug-likeness (QED) is 0.781. The van der Waals surface area contributed by atoms with Crippen LogP contribution in [0.4, 0.5) is 5.69 Å². The standard InChI is InChI=1S/C16H17N3S/c1-10-5-4-6-13-14(7-8-17-16(10)13)18-9-15-11(2)20-12(3)19-15/h4-8H,9H2,1-3H3,(H,17,18). The molecule has 1 N–H and O–H groups in total. The van der Waals surface area contributed by atoms with Gasteiger partial charge in [0.1, 0.15) is 0 Å². The van der Waals surface area contributed by atoms with Gasteiger partial charge < -0.3 is 5.32 Å². The van der Waals surface area contributed by atoms with E-state index in [4.69, 9.17) is 0 Å². The molecule has 4 heteroatoms. The van der Waals surface area contributed by atoms with Crippen molar-refractivity contribution in [2.75, 3.05) is 5.32 Å². The average Bonchev–Trinajstić information content (AvgIpc) is 2.75. The molecule has 0 saturated heterocycles. The molecule has 0 bridgehead atoms. The number of para-hydroxylation sites is 1. The van der Waals surface area contributed by atoms with E-state index in [0.29, 0.717) is 0 Å². The van der Waals surface area contributed by atoms with Crippen LogP contribution in [0.3, 0.4) is 0 Å². The van der Waals surface area contributed by atoms with Gasteiger partial charge in [-0.05, 0) is 32.4 Å². The van der Waals surface area contributed by atoms with E-state index >= 15 is 0 Å². The van der Waals surface area contributed by atoms with Crippen molar-refractivity contribution in [1.82, 2.24) is 9.97 Å². The van der Waals surface area contributed by atoms with Gasteiger partial charge in [-0.1, -0.05) is 18.2 Å². The Labute approximate surface area is 122 Å². The van der Waals surface area contributed by atoms with Crippen LogP contribution < -0.4 is 5.32 Å². The third-order valence-corrected chi connectivity index (χ3v) is 4.35. The molecule has 1 aromatic carbocycles. The number of fused-ring (bicyclic) bond motifs is 1. The first-order valence-corrected chi connectivity index (χ1v) is 7.48. The van der Waals surface area contributed by atoms with Crippen LogP contribution in [0.1, 0.15) is 21.1 Å². The zero-order valence-electron chi connectivity index (χ0n) is 11.9. The monoisotopic (exact) mass is 283 g/mol. The summed E-state index contributed by atoms with van der Waals surface area (Å²) in [6, 6.07) is 8.29. The summed E-state index contributed by atoms with van der Waals surface area (Å²) in [6.45, 7) is 7.01. The van der Waals surface area contributed by atoms with E-state index in [2.05, 4.69) is 47.3 Å². The van der Waals surface area contributed by atoms with Crippen molar-refractivity contribution in [2.45, 2.75) is 27.3 Å². The van der Waals surface area contributed by atoms with E-state index in [-0.39, 0.29) is 0 Å². The Morgan fingerprint density at radius 1 is 1.15 bits per heavy atom. The van der Waals surface area contributed by atoms with Gasteiger partial charge in [0.15, 0.2) is 0 Å². The molecule has 0 unspecified atom stereocenters. The number of pyridine rings is 1. The molecule has 0 aliphatic carbocycles. The topological polar surface area (TPSA) is 37.8 Å². The van der Waals surface area contributed by atoms with Crippen molar-refractivity contribution < 1.29 is 0 Å². The van der Waals surface area contributed by atoms with Gasteiger partial charge in [0.25, 0.3) is 0 Å². The van der Waals surface area contributed by atoms with Crippen LogP contribution >= 0.6 is 11.3 Å². The number of nitrogens with zero attached hydrogens (tertiary/aromatic N) is 2. The smallest absolute Gasteiger partial charge is 0.0900 e. The van der Waals surface area contributed by atoms with E-state index in [1.165, 1.54) is 10.4 Å². The number of anilines is 1. The first-order valence-electron chi connectivity index (χ1n) is 6.66. The largest absolute Gasteiger partial charge is 0.379 e. The van der Waals surface area contributed by atoms with Crippen LogP contribution in [0.25, 0.3) is 10.9 Å². The highest BCUT2D eigenvalue weighted by Crippen LogP contribution is 2.25. The normalized spacial score (nSPS) is 10.9. The van der Waals surface area contributed by atoms with Crippen molar-refractivity contribution in [1.29, 1.82) is 0 Å². The highest BCUT2D eigenvalue weighted by Gasteiger charge is 2.07. The molecule has 3 aromatic rings. The van der Waals surface area contributed by atoms with Gasteiger partial charge in [-0.15, -0.1) is 11.3 Å². The molecule has 0 aliphatic rings. The Morgan fingerprint density at radius 2 is 2.00 bits per heavy atom. The molecule has 3 nitrogen and oxygen atoms in total. The predicted octanol–water partition coefficient (Wildman–Crippen LogP) is 4.23. The number of thiazole rings is 1. The Kier molecular flexibility index (Phi) is 3.40. The molecule has 0 saturated carbocycles. The SMILES string of the molecule is Cc1nc(CNc2ccnc3c(C)cccc23)c(C)s1. The maximum absolute atomic E-state index is 4.56. The second-order valence-electron chi connectivity index (χ2n) is 4.92. The predicted molar refractivity (Wildman–Crippen MR) is 85.4 cm³/mol. The van der Waals surface area contributed by atoms with Crippen LogP contribution in [0.2, 0.25) is 0 Å². The molecule has 2 aromatic heterocycles. The van der Waals surface area contributed by atoms with Crippen molar-refractivity contribution in [3.63, 3.8) is 0 Å². The van der Waals surface area contributed by atoms with E-state index in [1.54, 1.807) is 11.3 Å². The molecular formula is C16H17N3S. The van der Waals surface area contributed by atoms with Crippen LogP contribution in [-0.4, -0.2) is 9.97 Å². The summed E-state index contributed by atoms with van der Waals surface area (Å²) in [6.07, 6.45) is 1.86. The molecular weight excluding hydrogens is 266 g/mol. The number of hydrogen-bond donors (Lipinski definition) is 1. The fourth-order valence-electron chi connectivity index (χ4n) is 2.39. The van der Waals surface area contributed by atoms with Crippen molar-refractivity contribution in [3.05, 3.63) is 51.6 Å². The number of benzene rings is 1. The second kappa shape index (κ2) is 5.21. The summed E-state index contributed by atoms with van der Waals surface area (Å²) < 4.78 is 0. The second-order valence-corrected chi connectivity index (χ2v) is 6.33. The molecule has 0 atom stereocenters. The number of rotatable bonds is 3. The van der Waals surface area contributed by atoms with Gasteiger partial charge in [0.05, 0.1) is 22.8 Å². The molecule has 0 radical (unpaired) electrons. The molecule has 3 rings (SSSR count). The van der Waals surface area contributed by atoms with Gasteiger partial charge in [-0.3, -0.25) is 4.98 Å². The first kappa shape index (κ1) is 13.1. The van der Waals surface area contributed by atoms with Crippen molar-refractivity contribution in [2.24, 2.45) is 0 Å². The molecule has 0 aliphatic heterocycles. The lowest BCUT2D eigenvalue weighted by atomic mass is 10.1.